The van der Waals surface area contributed by atoms with Gasteiger partial charge in [-0.15, -0.1) is 0 Å². The predicted octanol–water partition coefficient (Wildman–Crippen LogP) is 8.72. The molecule has 0 aliphatic rings. The first kappa shape index (κ1) is 39.1. The highest BCUT2D eigenvalue weighted by Gasteiger charge is 2.31. The van der Waals surface area contributed by atoms with Crippen LogP contribution < -0.4 is 5.32 Å². The monoisotopic (exact) mass is 580 g/mol. The lowest BCUT2D eigenvalue weighted by Crippen LogP contribution is -2.53. The minimum atomic E-state index is -1.16. The molecule has 0 heterocycles. The Kier molecular flexibility index (Phi) is 25.7. The third kappa shape index (κ3) is 21.4. The van der Waals surface area contributed by atoms with Gasteiger partial charge in [0.2, 0.25) is 17.7 Å². The van der Waals surface area contributed by atoms with Crippen LogP contribution in [0, 0.1) is 0 Å². The molecule has 0 aromatic heterocycles. The summed E-state index contributed by atoms with van der Waals surface area (Å²) < 4.78 is 0. The van der Waals surface area contributed by atoms with Crippen molar-refractivity contribution in [2.24, 2.45) is 0 Å². The lowest BCUT2D eigenvalue weighted by atomic mass is 10.0. The Hall–Kier alpha value is -1.92. The summed E-state index contributed by atoms with van der Waals surface area (Å²) in [6, 6.07) is -2.12. The molecule has 0 spiro atoms. The van der Waals surface area contributed by atoms with Crippen molar-refractivity contribution in [3.8, 4) is 0 Å². The van der Waals surface area contributed by atoms with Gasteiger partial charge in [-0.25, -0.2) is 0 Å². The van der Waals surface area contributed by atoms with Gasteiger partial charge in [-0.1, -0.05) is 142 Å². The van der Waals surface area contributed by atoms with E-state index in [-0.39, 0.29) is 24.7 Å². The molecule has 41 heavy (non-hydrogen) atoms. The zero-order valence-corrected chi connectivity index (χ0v) is 27.2. The molecular weight excluding hydrogens is 516 g/mol. The number of carbonyl (C=O) groups is 4. The van der Waals surface area contributed by atoms with Crippen molar-refractivity contribution >= 4 is 23.7 Å². The smallest absolute Gasteiger partial charge is 0.325 e. The summed E-state index contributed by atoms with van der Waals surface area (Å²) in [6.45, 7) is 7.35. The first-order valence-corrected chi connectivity index (χ1v) is 17.1. The maximum atomic E-state index is 13.1. The number of hydrogen-bond donors (Lipinski definition) is 2. The second-order valence-corrected chi connectivity index (χ2v) is 12.0. The number of hydrogen-bond acceptors (Lipinski definition) is 4. The zero-order valence-electron chi connectivity index (χ0n) is 27.2. The first-order chi connectivity index (χ1) is 19.8. The molecule has 0 fully saturated rings. The van der Waals surface area contributed by atoms with Gasteiger partial charge >= 0.3 is 5.97 Å². The maximum absolute atomic E-state index is 13.1. The van der Waals surface area contributed by atoms with Crippen LogP contribution in [0.4, 0.5) is 0 Å². The number of nitrogens with zero attached hydrogens (tertiary/aromatic N) is 1. The van der Waals surface area contributed by atoms with Crippen LogP contribution >= 0.6 is 0 Å². The van der Waals surface area contributed by atoms with E-state index in [0.29, 0.717) is 12.8 Å². The molecular formula is C34H64N2O5. The van der Waals surface area contributed by atoms with Gasteiger partial charge in [0.05, 0.1) is 0 Å². The molecule has 0 rings (SSSR count). The van der Waals surface area contributed by atoms with E-state index in [1.54, 1.807) is 0 Å². The molecule has 0 radical (unpaired) electrons. The van der Waals surface area contributed by atoms with Gasteiger partial charge in [0.25, 0.3) is 0 Å². The van der Waals surface area contributed by atoms with Crippen molar-refractivity contribution in [2.45, 2.75) is 194 Å². The third-order valence-electron chi connectivity index (χ3n) is 8.02. The van der Waals surface area contributed by atoms with Gasteiger partial charge < -0.3 is 10.4 Å². The average molecular weight is 581 g/mol. The molecule has 0 bridgehead atoms. The summed E-state index contributed by atoms with van der Waals surface area (Å²) in [5.74, 6) is -2.43. The highest BCUT2D eigenvalue weighted by atomic mass is 16.4. The van der Waals surface area contributed by atoms with Gasteiger partial charge in [0.1, 0.15) is 12.1 Å². The van der Waals surface area contributed by atoms with Crippen LogP contribution in [0.25, 0.3) is 0 Å². The van der Waals surface area contributed by atoms with Crippen LogP contribution in [0.15, 0.2) is 0 Å². The molecule has 3 amide bonds. The van der Waals surface area contributed by atoms with Crippen LogP contribution in [-0.2, 0) is 19.2 Å². The van der Waals surface area contributed by atoms with Crippen molar-refractivity contribution in [3.63, 3.8) is 0 Å². The molecule has 0 saturated carbocycles. The second kappa shape index (κ2) is 26.9. The highest BCUT2D eigenvalue weighted by molar-refractivity contribution is 6.00. The number of aliphatic carboxylic acids is 1. The second-order valence-electron chi connectivity index (χ2n) is 12.0. The minimum absolute atomic E-state index is 0.229. The first-order valence-electron chi connectivity index (χ1n) is 17.1. The Bertz CT molecular complexity index is 659. The standard InChI is InChI=1S/C34H64N2O5/c1-5-7-9-11-13-15-17-19-21-23-25-27-31(37)36(30(4)33(39)35-29(3)34(40)41)32(38)28-26-24-22-20-18-16-14-12-10-8-6-2/h29-30H,5-28H2,1-4H3,(H,35,39)(H,40,41)/t29-,30-/m0/s1. The summed E-state index contributed by atoms with van der Waals surface area (Å²) in [5.41, 5.74) is 0. The van der Waals surface area contributed by atoms with Crippen LogP contribution in [0.5, 0.6) is 0 Å². The number of rotatable bonds is 28. The maximum Gasteiger partial charge on any atom is 0.325 e. The number of nitrogens with one attached hydrogen (secondary N) is 1. The predicted molar refractivity (Wildman–Crippen MR) is 169 cm³/mol. The normalized spacial score (nSPS) is 12.6. The van der Waals surface area contributed by atoms with Crippen molar-refractivity contribution in [3.05, 3.63) is 0 Å². The molecule has 7 nitrogen and oxygen atoms in total. The molecule has 240 valence electrons. The topological polar surface area (TPSA) is 104 Å². The SMILES string of the molecule is CCCCCCCCCCCCCC(=O)N(C(=O)CCCCCCCCCCCCC)[C@@H](C)C(=O)N[C@@H](C)C(=O)O. The van der Waals surface area contributed by atoms with Crippen molar-refractivity contribution in [1.82, 2.24) is 10.2 Å². The average Bonchev–Trinajstić information content (AvgIpc) is 2.94. The lowest BCUT2D eigenvalue weighted by Gasteiger charge is -2.27. The molecule has 0 aliphatic carbocycles. The van der Waals surface area contributed by atoms with E-state index in [4.69, 9.17) is 5.11 Å². The number of carbonyl (C=O) groups excluding carboxylic acids is 3. The number of amides is 3. The number of carboxylic acids is 1. The fraction of sp³-hybridized carbons (Fsp3) is 0.882. The molecule has 2 N–H and O–H groups in total. The number of carboxylic acid groups (broad SMARTS) is 1. The number of imide groups is 1. The van der Waals surface area contributed by atoms with Gasteiger partial charge in [0.15, 0.2) is 0 Å². The Morgan fingerprint density at radius 2 is 0.829 bits per heavy atom. The molecule has 0 saturated heterocycles. The summed E-state index contributed by atoms with van der Waals surface area (Å²) in [7, 11) is 0. The number of unbranched alkanes of at least 4 members (excludes halogenated alkanes) is 20. The molecule has 0 aromatic rings. The zero-order chi connectivity index (χ0) is 30.7. The molecule has 0 aliphatic heterocycles. The van der Waals surface area contributed by atoms with Crippen LogP contribution in [0.1, 0.15) is 182 Å². The van der Waals surface area contributed by atoms with E-state index in [9.17, 15) is 19.2 Å². The summed E-state index contributed by atoms with van der Waals surface area (Å²) >= 11 is 0. The van der Waals surface area contributed by atoms with E-state index < -0.39 is 24.0 Å². The molecule has 0 unspecified atom stereocenters. The fourth-order valence-electron chi connectivity index (χ4n) is 5.21. The Balaban J connectivity index is 4.55. The summed E-state index contributed by atoms with van der Waals surface area (Å²) in [6.07, 6.45) is 26.3. The molecule has 2 atom stereocenters. The van der Waals surface area contributed by atoms with Crippen molar-refractivity contribution in [1.29, 1.82) is 0 Å². The van der Waals surface area contributed by atoms with E-state index in [1.807, 2.05) is 0 Å². The third-order valence-corrected chi connectivity index (χ3v) is 8.02. The van der Waals surface area contributed by atoms with Crippen LogP contribution in [0.3, 0.4) is 0 Å². The Morgan fingerprint density at radius 3 is 1.12 bits per heavy atom. The quantitative estimate of drug-likeness (QED) is 0.0901. The van der Waals surface area contributed by atoms with Crippen LogP contribution in [0.2, 0.25) is 0 Å². The van der Waals surface area contributed by atoms with E-state index in [2.05, 4.69) is 19.2 Å². The Labute approximate surface area is 252 Å². The van der Waals surface area contributed by atoms with Crippen molar-refractivity contribution < 1.29 is 24.3 Å². The summed E-state index contributed by atoms with van der Waals surface area (Å²) in [5, 5.41) is 11.6. The van der Waals surface area contributed by atoms with Gasteiger partial charge in [-0.2, -0.15) is 0 Å². The molecule has 7 heteroatoms. The van der Waals surface area contributed by atoms with E-state index in [0.717, 1.165) is 43.4 Å². The summed E-state index contributed by atoms with van der Waals surface area (Å²) in [4.78, 5) is 51.2. The lowest BCUT2D eigenvalue weighted by molar-refractivity contribution is -0.152. The minimum Gasteiger partial charge on any atom is -0.480 e. The largest absolute Gasteiger partial charge is 0.480 e. The molecule has 0 aromatic carbocycles. The van der Waals surface area contributed by atoms with Gasteiger partial charge in [-0.3, -0.25) is 24.1 Å². The van der Waals surface area contributed by atoms with Gasteiger partial charge in [-0.05, 0) is 26.7 Å². The van der Waals surface area contributed by atoms with E-state index in [1.165, 1.54) is 104 Å². The fourth-order valence-corrected chi connectivity index (χ4v) is 5.21. The highest BCUT2D eigenvalue weighted by Crippen LogP contribution is 2.16. The van der Waals surface area contributed by atoms with E-state index >= 15 is 0 Å². The van der Waals surface area contributed by atoms with Gasteiger partial charge in [0, 0.05) is 12.8 Å². The van der Waals surface area contributed by atoms with Crippen LogP contribution in [-0.4, -0.2) is 45.8 Å². The Morgan fingerprint density at radius 1 is 0.537 bits per heavy atom. The van der Waals surface area contributed by atoms with Crippen molar-refractivity contribution in [2.75, 3.05) is 0 Å².